The molecule has 2 fully saturated rings. The Balaban J connectivity index is 1.55. The zero-order valence-corrected chi connectivity index (χ0v) is 16.1. The minimum Gasteiger partial charge on any atom is -0.423 e. The van der Waals surface area contributed by atoms with E-state index in [4.69, 9.17) is 4.74 Å². The third kappa shape index (κ3) is 3.33. The molecule has 0 N–H and O–H groups in total. The number of carbonyl (C=O) groups is 3. The molecule has 0 aromatic heterocycles. The fraction of sp³-hybridized carbons (Fsp3) is 0.348. The molecule has 2 aliphatic rings. The van der Waals surface area contributed by atoms with Gasteiger partial charge in [-0.2, -0.15) is 0 Å². The van der Waals surface area contributed by atoms with Crippen LogP contribution in [0.25, 0.3) is 0 Å². The van der Waals surface area contributed by atoms with Crippen molar-refractivity contribution in [3.05, 3.63) is 59.7 Å². The molecule has 2 amide bonds. The van der Waals surface area contributed by atoms with Crippen LogP contribution in [0.15, 0.2) is 48.5 Å². The van der Waals surface area contributed by atoms with E-state index in [1.165, 1.54) is 4.90 Å². The molecule has 144 valence electrons. The maximum Gasteiger partial charge on any atom is 0.343 e. The van der Waals surface area contributed by atoms with Gasteiger partial charge in [0.05, 0.1) is 23.1 Å². The van der Waals surface area contributed by atoms with Crippen LogP contribution in [0.1, 0.15) is 42.1 Å². The number of imide groups is 1. The predicted octanol–water partition coefficient (Wildman–Crippen LogP) is 4.14. The number of aryl methyl sites for hydroxylation is 1. The lowest BCUT2D eigenvalue weighted by Crippen LogP contribution is -2.30. The number of nitrogens with zero attached hydrogens (tertiary/aromatic N) is 1. The quantitative estimate of drug-likeness (QED) is 0.458. The molecule has 5 heteroatoms. The molecule has 1 saturated heterocycles. The molecule has 0 spiro atoms. The lowest BCUT2D eigenvalue weighted by molar-refractivity contribution is -0.122. The Labute approximate surface area is 164 Å². The summed E-state index contributed by atoms with van der Waals surface area (Å²) < 4.78 is 5.46. The molecule has 4 rings (SSSR count). The number of carbonyl (C=O) groups excluding carboxylic acids is 3. The number of benzene rings is 2. The number of fused-ring (bicyclic) bond motifs is 1. The van der Waals surface area contributed by atoms with Gasteiger partial charge in [-0.15, -0.1) is 0 Å². The van der Waals surface area contributed by atoms with Crippen LogP contribution in [-0.4, -0.2) is 17.8 Å². The smallest absolute Gasteiger partial charge is 0.343 e. The summed E-state index contributed by atoms with van der Waals surface area (Å²) in [6.45, 7) is 4.07. The number of rotatable bonds is 3. The van der Waals surface area contributed by atoms with Gasteiger partial charge in [0.1, 0.15) is 5.75 Å². The lowest BCUT2D eigenvalue weighted by Gasteiger charge is -2.25. The summed E-state index contributed by atoms with van der Waals surface area (Å²) >= 11 is 0. The third-order valence-corrected chi connectivity index (χ3v) is 5.76. The number of amides is 2. The first-order valence-electron chi connectivity index (χ1n) is 9.71. The van der Waals surface area contributed by atoms with E-state index in [1.807, 2.05) is 19.1 Å². The van der Waals surface area contributed by atoms with Gasteiger partial charge in [0, 0.05) is 6.07 Å². The van der Waals surface area contributed by atoms with E-state index in [2.05, 4.69) is 6.92 Å². The molecule has 2 aromatic carbocycles. The Bertz CT molecular complexity index is 934. The highest BCUT2D eigenvalue weighted by Gasteiger charge is 2.50. The van der Waals surface area contributed by atoms with Crippen molar-refractivity contribution in [2.24, 2.45) is 17.8 Å². The molecule has 0 unspecified atom stereocenters. The van der Waals surface area contributed by atoms with Crippen LogP contribution < -0.4 is 9.64 Å². The Morgan fingerprint density at radius 2 is 1.71 bits per heavy atom. The SMILES string of the molecule is Cc1ccc(C(=O)Oc2cccc(N3C(=O)[C@H]4C[C@@H](C)CC[C@H]4C3=O)c2)cc1. The molecule has 28 heavy (non-hydrogen) atoms. The van der Waals surface area contributed by atoms with E-state index in [-0.39, 0.29) is 23.7 Å². The van der Waals surface area contributed by atoms with E-state index in [1.54, 1.807) is 36.4 Å². The first-order valence-corrected chi connectivity index (χ1v) is 9.71. The van der Waals surface area contributed by atoms with Crippen molar-refractivity contribution >= 4 is 23.5 Å². The van der Waals surface area contributed by atoms with Gasteiger partial charge in [-0.25, -0.2) is 9.69 Å². The monoisotopic (exact) mass is 377 g/mol. The first kappa shape index (κ1) is 18.4. The molecule has 0 bridgehead atoms. The second-order valence-corrected chi connectivity index (χ2v) is 7.90. The second-order valence-electron chi connectivity index (χ2n) is 7.90. The van der Waals surface area contributed by atoms with E-state index < -0.39 is 5.97 Å². The number of anilines is 1. The molecule has 3 atom stereocenters. The van der Waals surface area contributed by atoms with Crippen molar-refractivity contribution in [1.82, 2.24) is 0 Å². The fourth-order valence-electron chi connectivity index (χ4n) is 4.19. The van der Waals surface area contributed by atoms with Gasteiger partial charge in [-0.3, -0.25) is 9.59 Å². The highest BCUT2D eigenvalue weighted by Crippen LogP contribution is 2.42. The molecule has 1 aliphatic heterocycles. The van der Waals surface area contributed by atoms with Gasteiger partial charge in [0.2, 0.25) is 11.8 Å². The minimum atomic E-state index is -0.473. The summed E-state index contributed by atoms with van der Waals surface area (Å²) in [6.07, 6.45) is 2.49. The van der Waals surface area contributed by atoms with Crippen molar-refractivity contribution in [3.63, 3.8) is 0 Å². The van der Waals surface area contributed by atoms with Gasteiger partial charge < -0.3 is 4.74 Å². The first-order chi connectivity index (χ1) is 13.4. The molecule has 0 radical (unpaired) electrons. The molecule has 1 aliphatic carbocycles. The average molecular weight is 377 g/mol. The highest BCUT2D eigenvalue weighted by atomic mass is 16.5. The van der Waals surface area contributed by atoms with E-state index in [9.17, 15) is 14.4 Å². The molecule has 2 aromatic rings. The van der Waals surface area contributed by atoms with Gasteiger partial charge in [-0.1, -0.05) is 30.7 Å². The number of hydrogen-bond acceptors (Lipinski definition) is 4. The van der Waals surface area contributed by atoms with E-state index >= 15 is 0 Å². The van der Waals surface area contributed by atoms with E-state index in [0.29, 0.717) is 22.9 Å². The van der Waals surface area contributed by atoms with Crippen LogP contribution in [0.2, 0.25) is 0 Å². The standard InChI is InChI=1S/C23H23NO4/c1-14-6-9-16(10-7-14)23(27)28-18-5-3-4-17(13-18)24-21(25)19-11-8-15(2)12-20(19)22(24)26/h3-7,9-10,13,15,19-20H,8,11-12H2,1-2H3/t15-,19+,20-/m0/s1. The summed E-state index contributed by atoms with van der Waals surface area (Å²) in [5, 5.41) is 0. The summed E-state index contributed by atoms with van der Waals surface area (Å²) in [5.74, 6) is -0.421. The maximum absolute atomic E-state index is 12.9. The van der Waals surface area contributed by atoms with Crippen LogP contribution in [-0.2, 0) is 9.59 Å². The number of esters is 1. The van der Waals surface area contributed by atoms with Crippen LogP contribution in [0.4, 0.5) is 5.69 Å². The molecular weight excluding hydrogens is 354 g/mol. The van der Waals surface area contributed by atoms with Crippen molar-refractivity contribution in [1.29, 1.82) is 0 Å². The normalized spacial score (nSPS) is 24.2. The van der Waals surface area contributed by atoms with Crippen LogP contribution in [0.3, 0.4) is 0 Å². The van der Waals surface area contributed by atoms with Crippen LogP contribution in [0, 0.1) is 24.7 Å². The topological polar surface area (TPSA) is 63.7 Å². The second kappa shape index (κ2) is 7.23. The Kier molecular flexibility index (Phi) is 4.75. The Morgan fingerprint density at radius 3 is 2.46 bits per heavy atom. The number of ether oxygens (including phenoxy) is 1. The maximum atomic E-state index is 12.9. The van der Waals surface area contributed by atoms with Gasteiger partial charge in [-0.05, 0) is 56.4 Å². The summed E-state index contributed by atoms with van der Waals surface area (Å²) in [5.41, 5.74) is 1.97. The van der Waals surface area contributed by atoms with Crippen LogP contribution >= 0.6 is 0 Å². The van der Waals surface area contributed by atoms with E-state index in [0.717, 1.165) is 24.8 Å². The third-order valence-electron chi connectivity index (χ3n) is 5.76. The van der Waals surface area contributed by atoms with Gasteiger partial charge >= 0.3 is 5.97 Å². The Hall–Kier alpha value is -2.95. The van der Waals surface area contributed by atoms with Gasteiger partial charge in [0.25, 0.3) is 0 Å². The summed E-state index contributed by atoms with van der Waals surface area (Å²) in [4.78, 5) is 39.4. The zero-order chi connectivity index (χ0) is 19.8. The summed E-state index contributed by atoms with van der Waals surface area (Å²) in [7, 11) is 0. The molecule has 5 nitrogen and oxygen atoms in total. The molecular formula is C23H23NO4. The summed E-state index contributed by atoms with van der Waals surface area (Å²) in [6, 6.07) is 13.7. The molecule has 1 heterocycles. The average Bonchev–Trinajstić information content (AvgIpc) is 2.92. The predicted molar refractivity (Wildman–Crippen MR) is 105 cm³/mol. The zero-order valence-electron chi connectivity index (χ0n) is 16.1. The Morgan fingerprint density at radius 1 is 1.00 bits per heavy atom. The minimum absolute atomic E-state index is 0.135. The van der Waals surface area contributed by atoms with Crippen molar-refractivity contribution in [3.8, 4) is 5.75 Å². The van der Waals surface area contributed by atoms with Crippen molar-refractivity contribution in [2.75, 3.05) is 4.90 Å². The van der Waals surface area contributed by atoms with Crippen molar-refractivity contribution < 1.29 is 19.1 Å². The molecule has 1 saturated carbocycles. The van der Waals surface area contributed by atoms with Crippen LogP contribution in [0.5, 0.6) is 5.75 Å². The highest BCUT2D eigenvalue weighted by molar-refractivity contribution is 6.22. The lowest BCUT2D eigenvalue weighted by atomic mass is 9.76. The van der Waals surface area contributed by atoms with Crippen molar-refractivity contribution in [2.45, 2.75) is 33.1 Å². The largest absolute Gasteiger partial charge is 0.423 e. The van der Waals surface area contributed by atoms with Gasteiger partial charge in [0.15, 0.2) is 0 Å². The fourth-order valence-corrected chi connectivity index (χ4v) is 4.19. The number of hydrogen-bond donors (Lipinski definition) is 0.